The zero-order chi connectivity index (χ0) is 14.3. The van der Waals surface area contributed by atoms with Crippen molar-refractivity contribution in [3.63, 3.8) is 0 Å². The van der Waals surface area contributed by atoms with Crippen LogP contribution in [0, 0.1) is 13.8 Å². The van der Waals surface area contributed by atoms with E-state index in [-0.39, 0.29) is 0 Å². The minimum atomic E-state index is 0.411. The van der Waals surface area contributed by atoms with E-state index >= 15 is 0 Å². The topological polar surface area (TPSA) is 29.0 Å². The van der Waals surface area contributed by atoms with E-state index in [4.69, 9.17) is 11.6 Å². The molecule has 1 aromatic heterocycles. The predicted molar refractivity (Wildman–Crippen MR) is 82.9 cm³/mol. The van der Waals surface area contributed by atoms with Crippen LogP contribution in [0.4, 0.5) is 11.5 Å². The Hall–Kier alpha value is -1.61. The average Bonchev–Trinajstić information content (AvgIpc) is 2.43. The van der Waals surface area contributed by atoms with Crippen LogP contribution in [0.25, 0.3) is 0 Å². The highest BCUT2D eigenvalue weighted by molar-refractivity contribution is 6.30. The summed E-state index contributed by atoms with van der Waals surface area (Å²) < 4.78 is 0. The number of hydrogen-bond donors (Lipinski definition) is 0. The van der Waals surface area contributed by atoms with E-state index in [1.807, 2.05) is 13.8 Å². The highest BCUT2D eigenvalue weighted by Gasteiger charge is 2.27. The Kier molecular flexibility index (Phi) is 3.38. The van der Waals surface area contributed by atoms with Crippen molar-refractivity contribution >= 4 is 23.1 Å². The van der Waals surface area contributed by atoms with Crippen LogP contribution in [0.3, 0.4) is 0 Å². The molecule has 1 atom stereocenters. The number of rotatable bonds is 1. The Morgan fingerprint density at radius 2 is 1.95 bits per heavy atom. The Bertz CT molecular complexity index is 654. The van der Waals surface area contributed by atoms with Gasteiger partial charge in [-0.2, -0.15) is 0 Å². The normalized spacial score (nSPS) is 18.0. The van der Waals surface area contributed by atoms with Gasteiger partial charge < -0.3 is 4.90 Å². The van der Waals surface area contributed by atoms with Crippen LogP contribution in [0.1, 0.15) is 30.3 Å². The summed E-state index contributed by atoms with van der Waals surface area (Å²) >= 11 is 6.24. The first kappa shape index (κ1) is 13.4. The second-order valence-corrected chi connectivity index (χ2v) is 5.75. The van der Waals surface area contributed by atoms with Gasteiger partial charge in [-0.3, -0.25) is 0 Å². The van der Waals surface area contributed by atoms with Crippen LogP contribution < -0.4 is 4.90 Å². The van der Waals surface area contributed by atoms with E-state index in [1.54, 1.807) is 0 Å². The van der Waals surface area contributed by atoms with Gasteiger partial charge in [0, 0.05) is 17.3 Å². The van der Waals surface area contributed by atoms with Gasteiger partial charge in [-0.15, -0.1) is 0 Å². The Labute approximate surface area is 124 Å². The first-order valence-electron chi connectivity index (χ1n) is 6.96. The van der Waals surface area contributed by atoms with Gasteiger partial charge in [0.15, 0.2) is 0 Å². The van der Waals surface area contributed by atoms with E-state index in [9.17, 15) is 0 Å². The predicted octanol–water partition coefficient (Wildman–Crippen LogP) is 4.22. The lowest BCUT2D eigenvalue weighted by molar-refractivity contribution is 0.611. The quantitative estimate of drug-likeness (QED) is 0.735. The molecule has 2 heterocycles. The number of para-hydroxylation sites is 1. The molecular formula is C16H18ClN3. The molecule has 20 heavy (non-hydrogen) atoms. The fourth-order valence-corrected chi connectivity index (χ4v) is 3.03. The second kappa shape index (κ2) is 5.06. The van der Waals surface area contributed by atoms with Gasteiger partial charge in [0.05, 0.1) is 0 Å². The molecule has 104 valence electrons. The van der Waals surface area contributed by atoms with Gasteiger partial charge in [0.1, 0.15) is 16.8 Å². The molecule has 4 heteroatoms. The number of nitrogens with zero attached hydrogens (tertiary/aromatic N) is 3. The minimum absolute atomic E-state index is 0.411. The molecule has 1 aliphatic heterocycles. The number of aromatic nitrogens is 2. The fraction of sp³-hybridized carbons (Fsp3) is 0.375. The van der Waals surface area contributed by atoms with E-state index in [0.29, 0.717) is 17.0 Å². The number of benzene rings is 1. The van der Waals surface area contributed by atoms with Crippen molar-refractivity contribution in [2.24, 2.45) is 0 Å². The molecule has 0 spiro atoms. The van der Waals surface area contributed by atoms with Crippen molar-refractivity contribution in [2.45, 2.75) is 39.7 Å². The molecule has 1 aliphatic rings. The molecular weight excluding hydrogens is 270 g/mol. The van der Waals surface area contributed by atoms with Crippen LogP contribution in [0.2, 0.25) is 5.15 Å². The van der Waals surface area contributed by atoms with Crippen molar-refractivity contribution in [2.75, 3.05) is 4.90 Å². The maximum atomic E-state index is 6.24. The number of halogens is 1. The Morgan fingerprint density at radius 1 is 1.20 bits per heavy atom. The lowest BCUT2D eigenvalue weighted by atomic mass is 9.96. The molecule has 3 rings (SSSR count). The van der Waals surface area contributed by atoms with Crippen molar-refractivity contribution < 1.29 is 0 Å². The standard InChI is InChI=1S/C16H18ClN3/c1-10-8-9-13-6-4-5-7-14(13)20(10)16-11(2)15(17)18-12(3)19-16/h4-7,10H,8-9H2,1-3H3. The molecule has 0 aliphatic carbocycles. The average molecular weight is 288 g/mol. The summed E-state index contributed by atoms with van der Waals surface area (Å²) in [5, 5.41) is 0.544. The van der Waals surface area contributed by atoms with Crippen LogP contribution in [0.15, 0.2) is 24.3 Å². The Balaban J connectivity index is 2.19. The molecule has 0 saturated heterocycles. The summed E-state index contributed by atoms with van der Waals surface area (Å²) in [6.07, 6.45) is 2.24. The molecule has 0 saturated carbocycles. The summed E-state index contributed by atoms with van der Waals surface area (Å²) in [5.74, 6) is 1.65. The zero-order valence-electron chi connectivity index (χ0n) is 12.0. The molecule has 1 unspecified atom stereocenters. The largest absolute Gasteiger partial charge is 0.323 e. The smallest absolute Gasteiger partial charge is 0.141 e. The fourth-order valence-electron chi connectivity index (χ4n) is 2.83. The number of fused-ring (bicyclic) bond motifs is 1. The van der Waals surface area contributed by atoms with Crippen molar-refractivity contribution in [1.29, 1.82) is 0 Å². The highest BCUT2D eigenvalue weighted by Crippen LogP contribution is 2.38. The molecule has 0 N–H and O–H groups in total. The maximum absolute atomic E-state index is 6.24. The first-order chi connectivity index (χ1) is 9.58. The molecule has 0 bridgehead atoms. The van der Waals surface area contributed by atoms with Crippen molar-refractivity contribution in [1.82, 2.24) is 9.97 Å². The summed E-state index contributed by atoms with van der Waals surface area (Å²) in [7, 11) is 0. The monoisotopic (exact) mass is 287 g/mol. The van der Waals surface area contributed by atoms with Gasteiger partial charge in [0.25, 0.3) is 0 Å². The van der Waals surface area contributed by atoms with E-state index in [2.05, 4.69) is 46.1 Å². The summed E-state index contributed by atoms with van der Waals surface area (Å²) in [5.41, 5.74) is 3.56. The Morgan fingerprint density at radius 3 is 2.75 bits per heavy atom. The van der Waals surface area contributed by atoms with Crippen molar-refractivity contribution in [3.05, 3.63) is 46.4 Å². The summed E-state index contributed by atoms with van der Waals surface area (Å²) in [4.78, 5) is 11.2. The summed E-state index contributed by atoms with van der Waals surface area (Å²) in [6.45, 7) is 6.11. The number of hydrogen-bond acceptors (Lipinski definition) is 3. The third kappa shape index (κ3) is 2.16. The first-order valence-corrected chi connectivity index (χ1v) is 7.33. The van der Waals surface area contributed by atoms with Crippen LogP contribution >= 0.6 is 11.6 Å². The third-order valence-corrected chi connectivity index (χ3v) is 4.29. The van der Waals surface area contributed by atoms with Gasteiger partial charge >= 0.3 is 0 Å². The molecule has 1 aromatic carbocycles. The molecule has 0 fully saturated rings. The van der Waals surface area contributed by atoms with E-state index in [1.165, 1.54) is 11.3 Å². The van der Waals surface area contributed by atoms with Crippen LogP contribution in [-0.2, 0) is 6.42 Å². The lowest BCUT2D eigenvalue weighted by Crippen LogP contribution is -2.34. The lowest BCUT2D eigenvalue weighted by Gasteiger charge is -2.37. The summed E-state index contributed by atoms with van der Waals surface area (Å²) in [6, 6.07) is 8.94. The van der Waals surface area contributed by atoms with Gasteiger partial charge in [-0.05, 0) is 45.2 Å². The molecule has 3 nitrogen and oxygen atoms in total. The third-order valence-electron chi connectivity index (χ3n) is 3.92. The maximum Gasteiger partial charge on any atom is 0.141 e. The molecule has 0 amide bonds. The van der Waals surface area contributed by atoms with Crippen molar-refractivity contribution in [3.8, 4) is 0 Å². The number of aryl methyl sites for hydroxylation is 2. The molecule has 2 aromatic rings. The van der Waals surface area contributed by atoms with Crippen LogP contribution in [-0.4, -0.2) is 16.0 Å². The minimum Gasteiger partial charge on any atom is -0.323 e. The van der Waals surface area contributed by atoms with E-state index < -0.39 is 0 Å². The SMILES string of the molecule is Cc1nc(Cl)c(C)c(N2c3ccccc3CCC2C)n1. The van der Waals surface area contributed by atoms with Gasteiger partial charge in [0.2, 0.25) is 0 Å². The van der Waals surface area contributed by atoms with E-state index in [0.717, 1.165) is 24.2 Å². The van der Waals surface area contributed by atoms with Crippen LogP contribution in [0.5, 0.6) is 0 Å². The molecule has 0 radical (unpaired) electrons. The number of anilines is 2. The zero-order valence-corrected chi connectivity index (χ0v) is 12.8. The highest BCUT2D eigenvalue weighted by atomic mass is 35.5. The second-order valence-electron chi connectivity index (χ2n) is 5.40. The van der Waals surface area contributed by atoms with Gasteiger partial charge in [-0.25, -0.2) is 9.97 Å². The van der Waals surface area contributed by atoms with Gasteiger partial charge in [-0.1, -0.05) is 29.8 Å².